The fourth-order valence-electron chi connectivity index (χ4n) is 4.43. The van der Waals surface area contributed by atoms with Gasteiger partial charge in [0.2, 0.25) is 5.79 Å². The van der Waals surface area contributed by atoms with Crippen LogP contribution in [0.4, 0.5) is 0 Å². The first-order chi connectivity index (χ1) is 14.7. The third-order valence-corrected chi connectivity index (χ3v) is 5.77. The zero-order valence-corrected chi connectivity index (χ0v) is 17.2. The van der Waals surface area contributed by atoms with Crippen molar-refractivity contribution in [3.05, 3.63) is 90.0 Å². The molecule has 0 aliphatic rings. The van der Waals surface area contributed by atoms with Crippen molar-refractivity contribution >= 4 is 27.6 Å². The number of imidazole rings is 1. The molecule has 5 aromatic rings. The number of pyridine rings is 1. The van der Waals surface area contributed by atoms with Crippen molar-refractivity contribution in [3.63, 3.8) is 0 Å². The van der Waals surface area contributed by atoms with Crippen molar-refractivity contribution in [3.8, 4) is 5.75 Å². The fraction of sp³-hybridized carbons (Fsp3) is 0.160. The third-order valence-electron chi connectivity index (χ3n) is 5.77. The van der Waals surface area contributed by atoms with E-state index in [1.807, 2.05) is 42.5 Å². The molecule has 2 heterocycles. The van der Waals surface area contributed by atoms with Crippen molar-refractivity contribution in [2.45, 2.75) is 5.79 Å². The van der Waals surface area contributed by atoms with Crippen molar-refractivity contribution in [1.82, 2.24) is 4.98 Å². The predicted octanol–water partition coefficient (Wildman–Crippen LogP) is 4.56. The van der Waals surface area contributed by atoms with E-state index in [9.17, 15) is 0 Å². The summed E-state index contributed by atoms with van der Waals surface area (Å²) < 4.78 is 20.0. The van der Waals surface area contributed by atoms with Crippen molar-refractivity contribution in [2.75, 3.05) is 21.3 Å². The molecular formula is C25H23N2O3+. The average molecular weight is 399 g/mol. The van der Waals surface area contributed by atoms with Crippen LogP contribution < -0.4 is 9.14 Å². The van der Waals surface area contributed by atoms with Gasteiger partial charge in [-0.3, -0.25) is 0 Å². The maximum Gasteiger partial charge on any atom is 0.285 e. The lowest BCUT2D eigenvalue weighted by atomic mass is 9.92. The minimum absolute atomic E-state index is 0.707. The molecule has 0 atom stereocenters. The van der Waals surface area contributed by atoms with E-state index >= 15 is 0 Å². The number of rotatable bonds is 5. The van der Waals surface area contributed by atoms with Crippen LogP contribution in [0.2, 0.25) is 0 Å². The quantitative estimate of drug-likeness (QED) is 0.348. The molecule has 5 nitrogen and oxygen atoms in total. The Kier molecular flexibility index (Phi) is 4.42. The Morgan fingerprint density at radius 2 is 1.40 bits per heavy atom. The van der Waals surface area contributed by atoms with E-state index in [1.165, 1.54) is 0 Å². The van der Waals surface area contributed by atoms with Crippen LogP contribution in [0.15, 0.2) is 78.9 Å². The van der Waals surface area contributed by atoms with Crippen molar-refractivity contribution in [1.29, 1.82) is 0 Å². The highest BCUT2D eigenvalue weighted by molar-refractivity contribution is 5.85. The number of hydrogen-bond donors (Lipinski definition) is 1. The molecule has 0 saturated heterocycles. The molecule has 0 bridgehead atoms. The molecule has 150 valence electrons. The molecule has 5 heteroatoms. The van der Waals surface area contributed by atoms with Crippen molar-refractivity contribution < 1.29 is 18.6 Å². The summed E-state index contributed by atoms with van der Waals surface area (Å²) in [4.78, 5) is 3.49. The van der Waals surface area contributed by atoms with Gasteiger partial charge in [0.05, 0.1) is 12.7 Å². The number of para-hydroxylation sites is 3. The van der Waals surface area contributed by atoms with Crippen LogP contribution in [0.25, 0.3) is 27.6 Å². The van der Waals surface area contributed by atoms with Gasteiger partial charge < -0.3 is 14.2 Å². The number of aromatic nitrogens is 2. The molecule has 0 spiro atoms. The zero-order valence-electron chi connectivity index (χ0n) is 17.2. The molecule has 0 radical (unpaired) electrons. The van der Waals surface area contributed by atoms with Gasteiger partial charge in [0, 0.05) is 31.2 Å². The lowest BCUT2D eigenvalue weighted by Gasteiger charge is -2.33. The molecule has 0 amide bonds. The van der Waals surface area contributed by atoms with Crippen LogP contribution in [0.3, 0.4) is 0 Å². The molecular weight excluding hydrogens is 376 g/mol. The Morgan fingerprint density at radius 1 is 0.700 bits per heavy atom. The number of H-pyrrole nitrogens is 1. The number of methoxy groups -OCH3 is 3. The molecule has 5 rings (SSSR count). The molecule has 0 fully saturated rings. The van der Waals surface area contributed by atoms with Gasteiger partial charge in [0.15, 0.2) is 11.0 Å². The van der Waals surface area contributed by atoms with E-state index in [4.69, 9.17) is 14.2 Å². The van der Waals surface area contributed by atoms with E-state index < -0.39 is 5.79 Å². The minimum atomic E-state index is -1.12. The maximum absolute atomic E-state index is 6.07. The van der Waals surface area contributed by atoms with Gasteiger partial charge in [-0.2, -0.15) is 4.40 Å². The average Bonchev–Trinajstić information content (AvgIpc) is 3.20. The molecule has 3 aromatic carbocycles. The van der Waals surface area contributed by atoms with Crippen LogP contribution in [0.5, 0.6) is 5.75 Å². The van der Waals surface area contributed by atoms with Gasteiger partial charge in [0.25, 0.3) is 5.65 Å². The number of benzene rings is 3. The third kappa shape index (κ3) is 2.53. The van der Waals surface area contributed by atoms with Gasteiger partial charge in [-0.1, -0.05) is 36.4 Å². The molecule has 0 aliphatic carbocycles. The van der Waals surface area contributed by atoms with Crippen LogP contribution in [0.1, 0.15) is 11.1 Å². The van der Waals surface area contributed by atoms with Gasteiger partial charge >= 0.3 is 0 Å². The Balaban J connectivity index is 1.88. The largest absolute Gasteiger partial charge is 0.496 e. The lowest BCUT2D eigenvalue weighted by molar-refractivity contribution is -0.449. The number of nitrogens with one attached hydrogen (secondary N) is 1. The lowest BCUT2D eigenvalue weighted by Crippen LogP contribution is -2.33. The van der Waals surface area contributed by atoms with Gasteiger partial charge in [-0.25, -0.2) is 4.98 Å². The topological polar surface area (TPSA) is 47.6 Å². The molecule has 0 unspecified atom stereocenters. The van der Waals surface area contributed by atoms with E-state index in [2.05, 4.69) is 45.8 Å². The molecule has 30 heavy (non-hydrogen) atoms. The molecule has 0 saturated carbocycles. The summed E-state index contributed by atoms with van der Waals surface area (Å²) >= 11 is 0. The second kappa shape index (κ2) is 7.13. The second-order valence-electron chi connectivity index (χ2n) is 7.16. The van der Waals surface area contributed by atoms with E-state index in [-0.39, 0.29) is 0 Å². The first kappa shape index (κ1) is 18.6. The fourth-order valence-corrected chi connectivity index (χ4v) is 4.43. The van der Waals surface area contributed by atoms with Crippen LogP contribution in [-0.2, 0) is 15.3 Å². The van der Waals surface area contributed by atoms with Crippen LogP contribution >= 0.6 is 0 Å². The standard InChI is InChI=1S/C25H22N2O3/c1-28-23-14-7-4-9-19(23)25(29-2,30-3)18-10-8-13-21-17(18)15-16-24-26-20-11-5-6-12-22(20)27(21)24/h4-16H,1-3H3/p+1. The number of nitrogens with zero attached hydrogens (tertiary/aromatic N) is 1. The molecule has 0 aliphatic heterocycles. The van der Waals surface area contributed by atoms with Gasteiger partial charge in [-0.05, 0) is 36.4 Å². The Labute approximate surface area is 174 Å². The highest BCUT2D eigenvalue weighted by Crippen LogP contribution is 2.41. The van der Waals surface area contributed by atoms with E-state index in [0.717, 1.165) is 38.7 Å². The summed E-state index contributed by atoms with van der Waals surface area (Å²) in [6.45, 7) is 0. The minimum Gasteiger partial charge on any atom is -0.496 e. The van der Waals surface area contributed by atoms with Crippen LogP contribution in [-0.4, -0.2) is 26.3 Å². The monoisotopic (exact) mass is 399 g/mol. The maximum atomic E-state index is 6.07. The van der Waals surface area contributed by atoms with Crippen molar-refractivity contribution in [2.24, 2.45) is 0 Å². The summed E-state index contributed by atoms with van der Waals surface area (Å²) in [6, 6.07) is 26.5. The summed E-state index contributed by atoms with van der Waals surface area (Å²) in [6.07, 6.45) is 0. The number of fused-ring (bicyclic) bond motifs is 5. The first-order valence-corrected chi connectivity index (χ1v) is 9.82. The first-order valence-electron chi connectivity index (χ1n) is 9.82. The summed E-state index contributed by atoms with van der Waals surface area (Å²) in [5.74, 6) is -0.411. The van der Waals surface area contributed by atoms with Gasteiger partial charge in [0.1, 0.15) is 11.3 Å². The molecule has 2 aromatic heterocycles. The van der Waals surface area contributed by atoms with Gasteiger partial charge in [-0.15, -0.1) is 0 Å². The SMILES string of the molecule is COc1ccccc1C(OC)(OC)c1cccc2c1ccc1[nH]c3ccccc3[n+]12. The zero-order chi connectivity index (χ0) is 20.7. The Bertz CT molecular complexity index is 1370. The van der Waals surface area contributed by atoms with Crippen LogP contribution in [0, 0.1) is 0 Å². The summed E-state index contributed by atoms with van der Waals surface area (Å²) in [7, 11) is 4.97. The Morgan fingerprint density at radius 3 is 2.20 bits per heavy atom. The number of hydrogen-bond acceptors (Lipinski definition) is 3. The molecule has 1 N–H and O–H groups in total. The predicted molar refractivity (Wildman–Crippen MR) is 117 cm³/mol. The second-order valence-corrected chi connectivity index (χ2v) is 7.16. The Hall–Kier alpha value is -3.41. The van der Waals surface area contributed by atoms with E-state index in [0.29, 0.717) is 5.75 Å². The summed E-state index contributed by atoms with van der Waals surface area (Å²) in [5.41, 5.74) is 6.02. The van der Waals surface area contributed by atoms with E-state index in [1.54, 1.807) is 21.3 Å². The normalized spacial score (nSPS) is 12.1. The number of aromatic amines is 1. The highest BCUT2D eigenvalue weighted by Gasteiger charge is 2.39. The number of ether oxygens (including phenoxy) is 3. The highest BCUT2D eigenvalue weighted by atomic mass is 16.7. The smallest absolute Gasteiger partial charge is 0.285 e. The summed E-state index contributed by atoms with van der Waals surface area (Å²) in [5, 5.41) is 1.04.